The molecule has 0 unspecified atom stereocenters. The molecule has 0 saturated heterocycles. The molecule has 2 N–H and O–H groups in total. The van der Waals surface area contributed by atoms with E-state index >= 15 is 0 Å². The normalized spacial score (nSPS) is 11.5. The van der Waals surface area contributed by atoms with Crippen LogP contribution in [-0.2, 0) is 16.3 Å². The fourth-order valence-corrected chi connectivity index (χ4v) is 3.03. The summed E-state index contributed by atoms with van der Waals surface area (Å²) in [6.07, 6.45) is 3.40. The van der Waals surface area contributed by atoms with Crippen molar-refractivity contribution < 1.29 is 13.2 Å². The predicted molar refractivity (Wildman–Crippen MR) is 91.7 cm³/mol. The standard InChI is InChI=1S/C17H17N3O3S/c1-24(22,23)14-5-2-12(3-6-14)8-9-18-17(21)13-4-7-15-16(10-13)20-11-19-15/h2-7,10-11H,8-9H2,1H3,(H,18,21)(H,19,20). The number of nitrogens with one attached hydrogen (secondary N) is 2. The fraction of sp³-hybridized carbons (Fsp3) is 0.176. The Hall–Kier alpha value is -2.67. The number of hydrogen-bond acceptors (Lipinski definition) is 4. The van der Waals surface area contributed by atoms with Crippen LogP contribution in [0.3, 0.4) is 0 Å². The van der Waals surface area contributed by atoms with Gasteiger partial charge in [0.1, 0.15) is 0 Å². The van der Waals surface area contributed by atoms with Gasteiger partial charge in [-0.3, -0.25) is 4.79 Å². The number of carbonyl (C=O) groups excluding carboxylic acids is 1. The van der Waals surface area contributed by atoms with E-state index in [-0.39, 0.29) is 5.91 Å². The first-order valence-electron chi connectivity index (χ1n) is 7.44. The van der Waals surface area contributed by atoms with Gasteiger partial charge in [-0.2, -0.15) is 0 Å². The summed E-state index contributed by atoms with van der Waals surface area (Å²) in [7, 11) is -3.18. The Balaban J connectivity index is 1.58. The summed E-state index contributed by atoms with van der Waals surface area (Å²) >= 11 is 0. The van der Waals surface area contributed by atoms with Crippen molar-refractivity contribution in [2.75, 3.05) is 12.8 Å². The van der Waals surface area contributed by atoms with E-state index in [0.717, 1.165) is 16.6 Å². The Morgan fingerprint density at radius 3 is 2.62 bits per heavy atom. The summed E-state index contributed by atoms with van der Waals surface area (Å²) < 4.78 is 22.8. The van der Waals surface area contributed by atoms with Gasteiger partial charge in [0.25, 0.3) is 5.91 Å². The average Bonchev–Trinajstić information content (AvgIpc) is 3.02. The van der Waals surface area contributed by atoms with E-state index in [1.165, 1.54) is 6.26 Å². The molecule has 3 aromatic rings. The summed E-state index contributed by atoms with van der Waals surface area (Å²) in [5.41, 5.74) is 3.17. The molecule has 0 atom stereocenters. The van der Waals surface area contributed by atoms with Crippen LogP contribution in [0, 0.1) is 0 Å². The second kappa shape index (κ2) is 6.45. The second-order valence-corrected chi connectivity index (χ2v) is 7.57. The van der Waals surface area contributed by atoms with E-state index in [1.54, 1.807) is 48.8 Å². The first-order valence-corrected chi connectivity index (χ1v) is 9.33. The number of aromatic nitrogens is 2. The maximum Gasteiger partial charge on any atom is 0.251 e. The van der Waals surface area contributed by atoms with E-state index in [4.69, 9.17) is 0 Å². The lowest BCUT2D eigenvalue weighted by Gasteiger charge is -2.06. The number of hydrogen-bond donors (Lipinski definition) is 2. The number of aromatic amines is 1. The molecule has 6 nitrogen and oxygen atoms in total. The van der Waals surface area contributed by atoms with E-state index in [2.05, 4.69) is 15.3 Å². The van der Waals surface area contributed by atoms with Crippen LogP contribution in [0.4, 0.5) is 0 Å². The van der Waals surface area contributed by atoms with Gasteiger partial charge in [-0.25, -0.2) is 13.4 Å². The summed E-state index contributed by atoms with van der Waals surface area (Å²) in [6, 6.07) is 12.0. The zero-order chi connectivity index (χ0) is 17.2. The second-order valence-electron chi connectivity index (χ2n) is 5.56. The van der Waals surface area contributed by atoms with Crippen molar-refractivity contribution in [3.8, 4) is 0 Å². The van der Waals surface area contributed by atoms with E-state index in [1.807, 2.05) is 0 Å². The first kappa shape index (κ1) is 16.2. The number of benzene rings is 2. The lowest BCUT2D eigenvalue weighted by atomic mass is 10.1. The molecule has 7 heteroatoms. The Morgan fingerprint density at radius 1 is 1.17 bits per heavy atom. The first-order chi connectivity index (χ1) is 11.4. The largest absolute Gasteiger partial charge is 0.352 e. The van der Waals surface area contributed by atoms with Gasteiger partial charge in [-0.15, -0.1) is 0 Å². The minimum absolute atomic E-state index is 0.153. The van der Waals surface area contributed by atoms with E-state index in [0.29, 0.717) is 23.4 Å². The van der Waals surface area contributed by atoms with Crippen molar-refractivity contribution in [3.63, 3.8) is 0 Å². The fourth-order valence-electron chi connectivity index (χ4n) is 2.40. The molecule has 24 heavy (non-hydrogen) atoms. The van der Waals surface area contributed by atoms with Crippen molar-refractivity contribution in [2.24, 2.45) is 0 Å². The smallest absolute Gasteiger partial charge is 0.251 e. The molecule has 0 fully saturated rings. The van der Waals surface area contributed by atoms with Gasteiger partial charge in [-0.05, 0) is 42.3 Å². The maximum absolute atomic E-state index is 12.2. The highest BCUT2D eigenvalue weighted by molar-refractivity contribution is 7.90. The molecule has 2 aromatic carbocycles. The van der Waals surface area contributed by atoms with Crippen LogP contribution in [-0.4, -0.2) is 37.1 Å². The number of sulfone groups is 1. The molecule has 0 aliphatic carbocycles. The molecule has 0 aliphatic heterocycles. The Bertz CT molecular complexity index is 976. The predicted octanol–water partition coefficient (Wildman–Crippen LogP) is 1.94. The summed E-state index contributed by atoms with van der Waals surface area (Å²) in [5.74, 6) is -0.153. The molecule has 1 heterocycles. The third-order valence-corrected chi connectivity index (χ3v) is 4.86. The number of carbonyl (C=O) groups is 1. The Morgan fingerprint density at radius 2 is 1.92 bits per heavy atom. The highest BCUT2D eigenvalue weighted by Gasteiger charge is 2.08. The minimum Gasteiger partial charge on any atom is -0.352 e. The third-order valence-electron chi connectivity index (χ3n) is 3.73. The van der Waals surface area contributed by atoms with Crippen molar-refractivity contribution >= 4 is 26.8 Å². The molecule has 0 radical (unpaired) electrons. The molecule has 1 amide bonds. The van der Waals surface area contributed by atoms with Crippen molar-refractivity contribution in [1.82, 2.24) is 15.3 Å². The van der Waals surface area contributed by atoms with Crippen LogP contribution in [0.1, 0.15) is 15.9 Å². The van der Waals surface area contributed by atoms with Gasteiger partial charge in [-0.1, -0.05) is 12.1 Å². The van der Waals surface area contributed by atoms with Gasteiger partial charge >= 0.3 is 0 Å². The Labute approximate surface area is 139 Å². The molecular weight excluding hydrogens is 326 g/mol. The van der Waals surface area contributed by atoms with Gasteiger partial charge in [0.2, 0.25) is 0 Å². The molecular formula is C17H17N3O3S. The van der Waals surface area contributed by atoms with E-state index < -0.39 is 9.84 Å². The van der Waals surface area contributed by atoms with E-state index in [9.17, 15) is 13.2 Å². The lowest BCUT2D eigenvalue weighted by Crippen LogP contribution is -2.25. The van der Waals surface area contributed by atoms with Crippen LogP contribution < -0.4 is 5.32 Å². The maximum atomic E-state index is 12.2. The van der Waals surface area contributed by atoms with Crippen molar-refractivity contribution in [3.05, 3.63) is 59.9 Å². The van der Waals surface area contributed by atoms with Gasteiger partial charge in [0.15, 0.2) is 9.84 Å². The van der Waals surface area contributed by atoms with Gasteiger partial charge < -0.3 is 10.3 Å². The van der Waals surface area contributed by atoms with Crippen LogP contribution in [0.15, 0.2) is 53.7 Å². The lowest BCUT2D eigenvalue weighted by molar-refractivity contribution is 0.0954. The van der Waals surface area contributed by atoms with Crippen LogP contribution in [0.5, 0.6) is 0 Å². The number of nitrogens with zero attached hydrogens (tertiary/aromatic N) is 1. The molecule has 0 saturated carbocycles. The minimum atomic E-state index is -3.18. The highest BCUT2D eigenvalue weighted by Crippen LogP contribution is 2.12. The van der Waals surface area contributed by atoms with Gasteiger partial charge in [0.05, 0.1) is 22.3 Å². The molecule has 0 aliphatic rings. The number of rotatable bonds is 5. The molecule has 0 bridgehead atoms. The highest BCUT2D eigenvalue weighted by atomic mass is 32.2. The zero-order valence-corrected chi connectivity index (χ0v) is 13.9. The number of imidazole rings is 1. The molecule has 1 aromatic heterocycles. The topological polar surface area (TPSA) is 91.9 Å². The monoisotopic (exact) mass is 343 g/mol. The summed E-state index contributed by atoms with van der Waals surface area (Å²) in [5, 5.41) is 2.86. The Kier molecular flexibility index (Phi) is 4.35. The molecule has 124 valence electrons. The van der Waals surface area contributed by atoms with Crippen LogP contribution >= 0.6 is 0 Å². The average molecular weight is 343 g/mol. The number of fused-ring (bicyclic) bond motifs is 1. The van der Waals surface area contributed by atoms with Crippen molar-refractivity contribution in [2.45, 2.75) is 11.3 Å². The summed E-state index contributed by atoms with van der Waals surface area (Å²) in [4.78, 5) is 19.5. The van der Waals surface area contributed by atoms with Gasteiger partial charge in [0, 0.05) is 18.4 Å². The molecule has 3 rings (SSSR count). The van der Waals surface area contributed by atoms with Crippen LogP contribution in [0.2, 0.25) is 0 Å². The molecule has 0 spiro atoms. The number of H-pyrrole nitrogens is 1. The summed E-state index contributed by atoms with van der Waals surface area (Å²) in [6.45, 7) is 0.470. The quantitative estimate of drug-likeness (QED) is 0.740. The third kappa shape index (κ3) is 3.62. The van der Waals surface area contributed by atoms with Crippen LogP contribution in [0.25, 0.3) is 11.0 Å². The SMILES string of the molecule is CS(=O)(=O)c1ccc(CCNC(=O)c2ccc3nc[nH]c3c2)cc1. The van der Waals surface area contributed by atoms with Crippen molar-refractivity contribution in [1.29, 1.82) is 0 Å². The number of amides is 1. The zero-order valence-electron chi connectivity index (χ0n) is 13.1.